The molecular weight excluding hydrogens is 492 g/mol. The Bertz CT molecular complexity index is 1240. The molecular formula is C23H17BrN4O5. The fourth-order valence-corrected chi connectivity index (χ4v) is 3.03. The third-order valence-electron chi connectivity index (χ3n) is 4.30. The Morgan fingerprint density at radius 1 is 1.03 bits per heavy atom. The van der Waals surface area contributed by atoms with Crippen molar-refractivity contribution in [2.24, 2.45) is 5.10 Å². The molecule has 0 radical (unpaired) electrons. The van der Waals surface area contributed by atoms with Crippen molar-refractivity contribution in [3.8, 4) is 5.75 Å². The number of amides is 2. The van der Waals surface area contributed by atoms with Crippen molar-refractivity contribution in [3.05, 3.63) is 110 Å². The first-order valence-corrected chi connectivity index (χ1v) is 10.3. The van der Waals surface area contributed by atoms with Crippen LogP contribution in [-0.2, 0) is 4.79 Å². The number of nitro groups is 1. The van der Waals surface area contributed by atoms with E-state index < -0.39 is 16.7 Å². The van der Waals surface area contributed by atoms with Gasteiger partial charge in [0.05, 0.1) is 11.1 Å². The highest BCUT2D eigenvalue weighted by Gasteiger charge is 2.15. The molecule has 0 saturated heterocycles. The largest absolute Gasteiger partial charge is 0.507 e. The Balaban J connectivity index is 1.84. The summed E-state index contributed by atoms with van der Waals surface area (Å²) in [4.78, 5) is 35.6. The lowest BCUT2D eigenvalue weighted by Gasteiger charge is -2.09. The number of hydrogen-bond acceptors (Lipinski definition) is 6. The summed E-state index contributed by atoms with van der Waals surface area (Å²) in [5, 5.41) is 27.1. The van der Waals surface area contributed by atoms with Gasteiger partial charge in [0, 0.05) is 27.7 Å². The van der Waals surface area contributed by atoms with E-state index in [0.29, 0.717) is 21.2 Å². The summed E-state index contributed by atoms with van der Waals surface area (Å²) >= 11 is 3.28. The molecule has 3 N–H and O–H groups in total. The molecule has 0 aliphatic carbocycles. The van der Waals surface area contributed by atoms with E-state index in [4.69, 9.17) is 0 Å². The van der Waals surface area contributed by atoms with Gasteiger partial charge in [0.15, 0.2) is 0 Å². The zero-order valence-corrected chi connectivity index (χ0v) is 18.5. The summed E-state index contributed by atoms with van der Waals surface area (Å²) in [6.45, 7) is 0. The van der Waals surface area contributed by atoms with Crippen molar-refractivity contribution < 1.29 is 19.6 Å². The van der Waals surface area contributed by atoms with E-state index in [1.165, 1.54) is 42.6 Å². The zero-order valence-electron chi connectivity index (χ0n) is 16.9. The first-order chi connectivity index (χ1) is 15.8. The number of phenolic OH excluding ortho intramolecular Hbond substituents is 1. The lowest BCUT2D eigenvalue weighted by atomic mass is 10.1. The van der Waals surface area contributed by atoms with Crippen LogP contribution in [0.15, 0.2) is 88.1 Å². The number of hydrazone groups is 1. The van der Waals surface area contributed by atoms with Gasteiger partial charge in [-0.2, -0.15) is 5.10 Å². The number of carbonyl (C=O) groups is 2. The second-order valence-electron chi connectivity index (χ2n) is 6.63. The first-order valence-electron chi connectivity index (χ1n) is 9.48. The minimum absolute atomic E-state index is 0.0322. The predicted molar refractivity (Wildman–Crippen MR) is 127 cm³/mol. The average Bonchev–Trinajstić information content (AvgIpc) is 2.81. The van der Waals surface area contributed by atoms with Gasteiger partial charge < -0.3 is 10.4 Å². The molecule has 166 valence electrons. The summed E-state index contributed by atoms with van der Waals surface area (Å²) in [5.41, 5.74) is 3.21. The van der Waals surface area contributed by atoms with Crippen LogP contribution in [0.4, 0.5) is 5.69 Å². The van der Waals surface area contributed by atoms with Gasteiger partial charge in [-0.05, 0) is 54.1 Å². The number of nitrogens with zero attached hydrogens (tertiary/aromatic N) is 2. The number of phenols is 1. The third-order valence-corrected chi connectivity index (χ3v) is 4.80. The molecule has 2 amide bonds. The molecule has 0 atom stereocenters. The van der Waals surface area contributed by atoms with E-state index in [-0.39, 0.29) is 17.1 Å². The summed E-state index contributed by atoms with van der Waals surface area (Å²) in [7, 11) is 0. The van der Waals surface area contributed by atoms with Crippen LogP contribution in [0, 0.1) is 10.1 Å². The van der Waals surface area contributed by atoms with Crippen LogP contribution >= 0.6 is 15.9 Å². The van der Waals surface area contributed by atoms with Crippen LogP contribution in [0.25, 0.3) is 6.08 Å². The maximum atomic E-state index is 12.7. The number of carbonyl (C=O) groups excluding carboxylic acids is 2. The van der Waals surface area contributed by atoms with Crippen molar-refractivity contribution in [1.29, 1.82) is 0 Å². The summed E-state index contributed by atoms with van der Waals surface area (Å²) < 4.78 is 0.710. The Labute approximate surface area is 196 Å². The van der Waals surface area contributed by atoms with Crippen LogP contribution in [0.3, 0.4) is 0 Å². The number of benzene rings is 3. The Morgan fingerprint density at radius 2 is 1.73 bits per heavy atom. The monoisotopic (exact) mass is 508 g/mol. The smallest absolute Gasteiger partial charge is 0.287 e. The van der Waals surface area contributed by atoms with Gasteiger partial charge in [-0.3, -0.25) is 19.7 Å². The van der Waals surface area contributed by atoms with Gasteiger partial charge in [-0.15, -0.1) is 0 Å². The van der Waals surface area contributed by atoms with Crippen LogP contribution in [0.1, 0.15) is 21.5 Å². The minimum atomic E-state index is -0.733. The number of halogens is 1. The molecule has 33 heavy (non-hydrogen) atoms. The summed E-state index contributed by atoms with van der Waals surface area (Å²) in [5.74, 6) is -1.29. The van der Waals surface area contributed by atoms with E-state index in [1.54, 1.807) is 42.5 Å². The SMILES string of the molecule is O=C(NN=Cc1cc(Br)ccc1O)/C(=C/c1ccc([N+](=O)[O-])cc1)NC(=O)c1ccccc1. The highest BCUT2D eigenvalue weighted by atomic mass is 79.9. The topological polar surface area (TPSA) is 134 Å². The number of non-ortho nitro benzene ring substituents is 1. The highest BCUT2D eigenvalue weighted by molar-refractivity contribution is 9.10. The van der Waals surface area contributed by atoms with Crippen molar-refractivity contribution >= 4 is 45.7 Å². The maximum absolute atomic E-state index is 12.7. The molecule has 3 rings (SSSR count). The molecule has 0 heterocycles. The number of nitro benzene ring substituents is 1. The van der Waals surface area contributed by atoms with Gasteiger partial charge in [-0.1, -0.05) is 34.1 Å². The molecule has 0 spiro atoms. The molecule has 3 aromatic rings. The molecule has 9 nitrogen and oxygen atoms in total. The first kappa shape index (κ1) is 23.4. The summed E-state index contributed by atoms with van der Waals surface area (Å²) in [6, 6.07) is 18.5. The fraction of sp³-hybridized carbons (Fsp3) is 0. The molecule has 0 saturated carbocycles. The minimum Gasteiger partial charge on any atom is -0.507 e. The van der Waals surface area contributed by atoms with Crippen LogP contribution in [0.2, 0.25) is 0 Å². The van der Waals surface area contributed by atoms with Crippen molar-refractivity contribution in [2.75, 3.05) is 0 Å². The molecule has 0 aliphatic rings. The zero-order chi connectivity index (χ0) is 23.8. The van der Waals surface area contributed by atoms with E-state index in [9.17, 15) is 24.8 Å². The maximum Gasteiger partial charge on any atom is 0.287 e. The van der Waals surface area contributed by atoms with Crippen LogP contribution in [-0.4, -0.2) is 28.1 Å². The van der Waals surface area contributed by atoms with Gasteiger partial charge in [-0.25, -0.2) is 5.43 Å². The van der Waals surface area contributed by atoms with E-state index in [2.05, 4.69) is 31.8 Å². The van der Waals surface area contributed by atoms with Gasteiger partial charge in [0.1, 0.15) is 11.4 Å². The van der Waals surface area contributed by atoms with Crippen molar-refractivity contribution in [2.45, 2.75) is 0 Å². The molecule has 10 heteroatoms. The number of hydrogen-bond donors (Lipinski definition) is 3. The van der Waals surface area contributed by atoms with Gasteiger partial charge >= 0.3 is 0 Å². The Hall–Kier alpha value is -4.31. The second kappa shape index (κ2) is 10.8. The Kier molecular flexibility index (Phi) is 7.66. The second-order valence-corrected chi connectivity index (χ2v) is 7.54. The predicted octanol–water partition coefficient (Wildman–Crippen LogP) is 3.98. The number of nitrogens with one attached hydrogen (secondary N) is 2. The fourth-order valence-electron chi connectivity index (χ4n) is 2.65. The molecule has 0 fully saturated rings. The standard InChI is InChI=1S/C23H17BrN4O5/c24-18-8-11-21(29)17(13-18)14-25-27-23(31)20(26-22(30)16-4-2-1-3-5-16)12-15-6-9-19(10-7-15)28(32)33/h1-14,29H,(H,26,30)(H,27,31)/b20-12-,25-14?. The lowest BCUT2D eigenvalue weighted by Crippen LogP contribution is -2.32. The van der Waals surface area contributed by atoms with Gasteiger partial charge in [0.25, 0.3) is 17.5 Å². The number of aromatic hydroxyl groups is 1. The van der Waals surface area contributed by atoms with E-state index in [0.717, 1.165) is 0 Å². The highest BCUT2D eigenvalue weighted by Crippen LogP contribution is 2.20. The normalized spacial score (nSPS) is 11.2. The Morgan fingerprint density at radius 3 is 2.39 bits per heavy atom. The number of rotatable bonds is 7. The molecule has 0 aromatic heterocycles. The van der Waals surface area contributed by atoms with E-state index in [1.807, 2.05) is 0 Å². The quantitative estimate of drug-likeness (QED) is 0.192. The van der Waals surface area contributed by atoms with E-state index >= 15 is 0 Å². The average molecular weight is 509 g/mol. The lowest BCUT2D eigenvalue weighted by molar-refractivity contribution is -0.384. The molecule has 0 aliphatic heterocycles. The third kappa shape index (κ3) is 6.58. The van der Waals surface area contributed by atoms with Crippen LogP contribution in [0.5, 0.6) is 5.75 Å². The molecule has 0 unspecified atom stereocenters. The molecule has 0 bridgehead atoms. The summed E-state index contributed by atoms with van der Waals surface area (Å²) in [6.07, 6.45) is 2.62. The van der Waals surface area contributed by atoms with Crippen LogP contribution < -0.4 is 10.7 Å². The van der Waals surface area contributed by atoms with Gasteiger partial charge in [0.2, 0.25) is 0 Å². The van der Waals surface area contributed by atoms with Crippen molar-refractivity contribution in [3.63, 3.8) is 0 Å². The van der Waals surface area contributed by atoms with Crippen molar-refractivity contribution in [1.82, 2.24) is 10.7 Å². The molecule has 3 aromatic carbocycles.